The van der Waals surface area contributed by atoms with Gasteiger partial charge >= 0.3 is 5.97 Å². The molecule has 0 fully saturated rings. The number of carboxylic acids is 1. The summed E-state index contributed by atoms with van der Waals surface area (Å²) in [7, 11) is 0. The van der Waals surface area contributed by atoms with Crippen molar-refractivity contribution in [2.24, 2.45) is 0 Å². The number of hydrogen-bond donors (Lipinski definition) is 2. The van der Waals surface area contributed by atoms with Gasteiger partial charge in [0.1, 0.15) is 5.65 Å². The van der Waals surface area contributed by atoms with Crippen LogP contribution >= 0.6 is 0 Å². The van der Waals surface area contributed by atoms with Crippen LogP contribution in [-0.2, 0) is 12.8 Å². The first kappa shape index (κ1) is 13.3. The molecule has 0 saturated carbocycles. The minimum atomic E-state index is -0.914. The Bertz CT molecular complexity index is 1140. The van der Waals surface area contributed by atoms with Gasteiger partial charge in [0.15, 0.2) is 0 Å². The smallest absolute Gasteiger partial charge is 0.335 e. The molecule has 4 heteroatoms. The average molecular weight is 314 g/mol. The van der Waals surface area contributed by atoms with Gasteiger partial charge in [-0.1, -0.05) is 24.3 Å². The highest BCUT2D eigenvalue weighted by Gasteiger charge is 2.19. The van der Waals surface area contributed by atoms with E-state index in [4.69, 9.17) is 4.98 Å². The number of H-pyrrole nitrogens is 1. The lowest BCUT2D eigenvalue weighted by molar-refractivity contribution is 0.0697. The van der Waals surface area contributed by atoms with Crippen LogP contribution in [-0.4, -0.2) is 21.0 Å². The van der Waals surface area contributed by atoms with Crippen LogP contribution in [0.2, 0.25) is 0 Å². The van der Waals surface area contributed by atoms with Gasteiger partial charge < -0.3 is 10.1 Å². The van der Waals surface area contributed by atoms with E-state index in [0.29, 0.717) is 5.56 Å². The van der Waals surface area contributed by atoms with E-state index < -0.39 is 5.97 Å². The second kappa shape index (κ2) is 4.68. The number of hydrogen-bond acceptors (Lipinski definition) is 2. The van der Waals surface area contributed by atoms with Gasteiger partial charge in [-0.05, 0) is 48.2 Å². The fourth-order valence-corrected chi connectivity index (χ4v) is 3.67. The normalized spacial score (nSPS) is 13.0. The minimum Gasteiger partial charge on any atom is -0.478 e. The SMILES string of the molecule is O=C(O)c1ccc2[nH]c3nc4c(cc3c2c1)-c1ccccc1CC4. The number of nitrogens with one attached hydrogen (secondary N) is 1. The third-order valence-electron chi connectivity index (χ3n) is 4.85. The number of aromatic nitrogens is 2. The standard InChI is InChI=1S/C20H14N2O2/c23-20(24)12-6-8-17-14(9-12)16-10-15-13-4-2-1-3-11(13)5-7-18(15)22-19(16)21-17/h1-4,6,8-10H,5,7H2,(H,21,22)(H,23,24). The molecular weight excluding hydrogens is 300 g/mol. The van der Waals surface area contributed by atoms with E-state index >= 15 is 0 Å². The van der Waals surface area contributed by atoms with Crippen molar-refractivity contribution in [3.63, 3.8) is 0 Å². The molecule has 4 aromatic rings. The topological polar surface area (TPSA) is 66.0 Å². The predicted octanol–water partition coefficient (Wildman–Crippen LogP) is 4.18. The number of nitrogens with zero attached hydrogens (tertiary/aromatic N) is 1. The Morgan fingerprint density at radius 2 is 1.88 bits per heavy atom. The second-order valence-corrected chi connectivity index (χ2v) is 6.23. The van der Waals surface area contributed by atoms with Crippen molar-refractivity contribution < 1.29 is 9.90 Å². The van der Waals surface area contributed by atoms with E-state index in [2.05, 4.69) is 35.3 Å². The number of rotatable bonds is 1. The van der Waals surface area contributed by atoms with Crippen molar-refractivity contribution in [3.8, 4) is 11.1 Å². The highest BCUT2D eigenvalue weighted by Crippen LogP contribution is 2.36. The summed E-state index contributed by atoms with van der Waals surface area (Å²) in [6.07, 6.45) is 1.93. The first-order chi connectivity index (χ1) is 11.7. The number of aromatic amines is 1. The van der Waals surface area contributed by atoms with Gasteiger partial charge in [0.2, 0.25) is 0 Å². The van der Waals surface area contributed by atoms with Crippen molar-refractivity contribution in [3.05, 3.63) is 65.4 Å². The number of aromatic carboxylic acids is 1. The van der Waals surface area contributed by atoms with E-state index in [1.165, 1.54) is 11.1 Å². The molecule has 5 rings (SSSR count). The van der Waals surface area contributed by atoms with Crippen molar-refractivity contribution >= 4 is 27.9 Å². The summed E-state index contributed by atoms with van der Waals surface area (Å²) >= 11 is 0. The molecule has 0 radical (unpaired) electrons. The number of aryl methyl sites for hydroxylation is 2. The molecule has 0 bridgehead atoms. The molecular formula is C20H14N2O2. The van der Waals surface area contributed by atoms with Gasteiger partial charge in [0, 0.05) is 21.9 Å². The van der Waals surface area contributed by atoms with Gasteiger partial charge in [-0.3, -0.25) is 0 Å². The summed E-state index contributed by atoms with van der Waals surface area (Å²) < 4.78 is 0. The zero-order chi connectivity index (χ0) is 16.3. The van der Waals surface area contributed by atoms with Crippen LogP contribution in [0, 0.1) is 0 Å². The Labute approximate surface area is 137 Å². The molecule has 0 unspecified atom stereocenters. The number of benzene rings is 2. The van der Waals surface area contributed by atoms with Crippen LogP contribution in [0.25, 0.3) is 33.1 Å². The molecule has 2 heterocycles. The molecule has 0 spiro atoms. The predicted molar refractivity (Wildman–Crippen MR) is 93.4 cm³/mol. The van der Waals surface area contributed by atoms with E-state index in [1.807, 2.05) is 6.07 Å². The zero-order valence-electron chi connectivity index (χ0n) is 12.8. The lowest BCUT2D eigenvalue weighted by atomic mass is 9.88. The number of carbonyl (C=O) groups is 1. The summed E-state index contributed by atoms with van der Waals surface area (Å²) in [5.41, 5.74) is 6.87. The van der Waals surface area contributed by atoms with Crippen LogP contribution in [0.5, 0.6) is 0 Å². The molecule has 0 saturated heterocycles. The summed E-state index contributed by atoms with van der Waals surface area (Å²) in [5, 5.41) is 11.1. The van der Waals surface area contributed by atoms with Gasteiger partial charge in [-0.2, -0.15) is 0 Å². The summed E-state index contributed by atoms with van der Waals surface area (Å²) in [5.74, 6) is -0.914. The van der Waals surface area contributed by atoms with Crippen LogP contribution in [0.15, 0.2) is 48.5 Å². The first-order valence-corrected chi connectivity index (χ1v) is 7.97. The van der Waals surface area contributed by atoms with Crippen LogP contribution in [0.3, 0.4) is 0 Å². The van der Waals surface area contributed by atoms with Gasteiger partial charge in [-0.25, -0.2) is 9.78 Å². The van der Waals surface area contributed by atoms with Gasteiger partial charge in [-0.15, -0.1) is 0 Å². The van der Waals surface area contributed by atoms with E-state index in [0.717, 1.165) is 46.0 Å². The van der Waals surface area contributed by atoms with E-state index in [-0.39, 0.29) is 0 Å². The Morgan fingerprint density at radius 1 is 1.00 bits per heavy atom. The zero-order valence-corrected chi connectivity index (χ0v) is 12.8. The minimum absolute atomic E-state index is 0.293. The molecule has 116 valence electrons. The molecule has 2 aromatic carbocycles. The Balaban J connectivity index is 1.84. The monoisotopic (exact) mass is 314 g/mol. The lowest BCUT2D eigenvalue weighted by Gasteiger charge is -2.18. The largest absolute Gasteiger partial charge is 0.478 e. The number of carboxylic acid groups (broad SMARTS) is 1. The van der Waals surface area contributed by atoms with Crippen LogP contribution in [0.4, 0.5) is 0 Å². The highest BCUT2D eigenvalue weighted by molar-refractivity contribution is 6.09. The number of pyridine rings is 1. The molecule has 0 amide bonds. The third kappa shape index (κ3) is 1.80. The molecule has 0 atom stereocenters. The second-order valence-electron chi connectivity index (χ2n) is 6.23. The van der Waals surface area contributed by atoms with Gasteiger partial charge in [0.25, 0.3) is 0 Å². The van der Waals surface area contributed by atoms with E-state index in [9.17, 15) is 9.90 Å². The van der Waals surface area contributed by atoms with Gasteiger partial charge in [0.05, 0.1) is 11.3 Å². The summed E-state index contributed by atoms with van der Waals surface area (Å²) in [6.45, 7) is 0. The van der Waals surface area contributed by atoms with E-state index in [1.54, 1.807) is 12.1 Å². The fourth-order valence-electron chi connectivity index (χ4n) is 3.67. The molecule has 4 nitrogen and oxygen atoms in total. The molecule has 0 aliphatic heterocycles. The Kier molecular flexibility index (Phi) is 2.59. The maximum atomic E-state index is 11.3. The Morgan fingerprint density at radius 3 is 2.75 bits per heavy atom. The molecule has 1 aliphatic carbocycles. The maximum Gasteiger partial charge on any atom is 0.335 e. The molecule has 2 aromatic heterocycles. The lowest BCUT2D eigenvalue weighted by Crippen LogP contribution is -2.05. The van der Waals surface area contributed by atoms with Crippen LogP contribution in [0.1, 0.15) is 21.6 Å². The Hall–Kier alpha value is -3.14. The van der Waals surface area contributed by atoms with Crippen molar-refractivity contribution in [1.82, 2.24) is 9.97 Å². The first-order valence-electron chi connectivity index (χ1n) is 7.97. The van der Waals surface area contributed by atoms with Crippen LogP contribution < -0.4 is 0 Å². The van der Waals surface area contributed by atoms with Crippen molar-refractivity contribution in [1.29, 1.82) is 0 Å². The summed E-state index contributed by atoms with van der Waals surface area (Å²) in [4.78, 5) is 19.4. The maximum absolute atomic E-state index is 11.3. The highest BCUT2D eigenvalue weighted by atomic mass is 16.4. The van der Waals surface area contributed by atoms with Crippen molar-refractivity contribution in [2.75, 3.05) is 0 Å². The van der Waals surface area contributed by atoms with Crippen molar-refractivity contribution in [2.45, 2.75) is 12.8 Å². The molecule has 1 aliphatic rings. The third-order valence-corrected chi connectivity index (χ3v) is 4.85. The quantitative estimate of drug-likeness (QED) is 0.554. The average Bonchev–Trinajstić information content (AvgIpc) is 2.96. The molecule has 2 N–H and O–H groups in total. The summed E-state index contributed by atoms with van der Waals surface area (Å²) in [6, 6.07) is 15.7. The number of fused-ring (bicyclic) bond motifs is 6. The fraction of sp³-hybridized carbons (Fsp3) is 0.100. The molecule has 24 heavy (non-hydrogen) atoms.